The average molecular weight is 513 g/mol. The van der Waals surface area contributed by atoms with Gasteiger partial charge in [-0.25, -0.2) is 4.98 Å². The Bertz CT molecular complexity index is 1530. The molecule has 0 aliphatic heterocycles. The molecule has 2 aromatic carbocycles. The highest BCUT2D eigenvalue weighted by Crippen LogP contribution is 2.36. The first-order chi connectivity index (χ1) is 16.5. The normalized spacial score (nSPS) is 11.2. The minimum Gasteiger partial charge on any atom is -0.497 e. The summed E-state index contributed by atoms with van der Waals surface area (Å²) in [5.41, 5.74) is 2.55. The van der Waals surface area contributed by atoms with Gasteiger partial charge in [-0.2, -0.15) is 0 Å². The Hall–Kier alpha value is -3.32. The van der Waals surface area contributed by atoms with Crippen LogP contribution in [0.1, 0.15) is 21.7 Å². The number of ketones is 1. The third kappa shape index (κ3) is 4.05. The zero-order valence-electron chi connectivity index (χ0n) is 17.8. The highest BCUT2D eigenvalue weighted by Gasteiger charge is 2.26. The first kappa shape index (κ1) is 22.5. The van der Waals surface area contributed by atoms with Crippen molar-refractivity contribution in [2.24, 2.45) is 0 Å². The molecule has 34 heavy (non-hydrogen) atoms. The van der Waals surface area contributed by atoms with Crippen LogP contribution in [0, 0.1) is 0 Å². The van der Waals surface area contributed by atoms with Gasteiger partial charge in [-0.15, -0.1) is 0 Å². The molecule has 3 heterocycles. The second kappa shape index (κ2) is 9.14. The number of hydrogen-bond acceptors (Lipinski definition) is 5. The molecule has 0 aliphatic rings. The highest BCUT2D eigenvalue weighted by molar-refractivity contribution is 6.37. The standard InChI is InChI=1S/C25H16Cl3N3O3/c1-33-17-4-5-20-18(11-17)22(24(28)31(20)13-15-2-3-16(26)10-19(15)27)23(32)21-12-30-25(34-21)14-6-8-29-9-7-14/h2-12H,13H2,1H3. The number of fused-ring (bicyclic) bond motifs is 1. The molecule has 0 N–H and O–H groups in total. The van der Waals surface area contributed by atoms with Gasteiger partial charge in [-0.1, -0.05) is 40.9 Å². The molecule has 0 saturated heterocycles. The average Bonchev–Trinajstić information content (AvgIpc) is 3.44. The summed E-state index contributed by atoms with van der Waals surface area (Å²) >= 11 is 19.3. The van der Waals surface area contributed by atoms with E-state index in [4.69, 9.17) is 44.0 Å². The third-order valence-corrected chi connectivity index (χ3v) is 6.41. The summed E-state index contributed by atoms with van der Waals surface area (Å²) < 4.78 is 13.0. The van der Waals surface area contributed by atoms with E-state index >= 15 is 0 Å². The van der Waals surface area contributed by atoms with Gasteiger partial charge < -0.3 is 13.7 Å². The van der Waals surface area contributed by atoms with Gasteiger partial charge in [0.25, 0.3) is 0 Å². The molecule has 0 bridgehead atoms. The molecule has 5 rings (SSSR count). The molecule has 0 unspecified atom stereocenters. The number of aromatic nitrogens is 3. The highest BCUT2D eigenvalue weighted by atomic mass is 35.5. The molecule has 3 aromatic heterocycles. The van der Waals surface area contributed by atoms with Crippen molar-refractivity contribution in [3.05, 3.63) is 99.2 Å². The number of methoxy groups -OCH3 is 1. The monoisotopic (exact) mass is 511 g/mol. The summed E-state index contributed by atoms with van der Waals surface area (Å²) in [4.78, 5) is 21.8. The molecular formula is C25H16Cl3N3O3. The molecule has 0 fully saturated rings. The van der Waals surface area contributed by atoms with Crippen LogP contribution in [0.4, 0.5) is 0 Å². The van der Waals surface area contributed by atoms with Gasteiger partial charge >= 0.3 is 0 Å². The molecule has 0 spiro atoms. The van der Waals surface area contributed by atoms with E-state index in [1.165, 1.54) is 6.20 Å². The van der Waals surface area contributed by atoms with Crippen LogP contribution >= 0.6 is 34.8 Å². The van der Waals surface area contributed by atoms with E-state index in [0.717, 1.165) is 11.1 Å². The maximum absolute atomic E-state index is 13.6. The molecule has 0 saturated carbocycles. The summed E-state index contributed by atoms with van der Waals surface area (Å²) in [5.74, 6) is 0.586. The number of rotatable bonds is 6. The minimum atomic E-state index is -0.392. The van der Waals surface area contributed by atoms with Gasteiger partial charge in [-0.3, -0.25) is 9.78 Å². The quantitative estimate of drug-likeness (QED) is 0.230. The van der Waals surface area contributed by atoms with Crippen LogP contribution in [0.3, 0.4) is 0 Å². The number of ether oxygens (including phenoxy) is 1. The number of oxazole rings is 1. The summed E-state index contributed by atoms with van der Waals surface area (Å²) in [6.07, 6.45) is 4.65. The van der Waals surface area contributed by atoms with Crippen LogP contribution < -0.4 is 4.74 Å². The molecule has 5 aromatic rings. The summed E-state index contributed by atoms with van der Waals surface area (Å²) in [7, 11) is 1.56. The van der Waals surface area contributed by atoms with Crippen molar-refractivity contribution in [3.63, 3.8) is 0 Å². The van der Waals surface area contributed by atoms with Crippen molar-refractivity contribution in [2.45, 2.75) is 6.54 Å². The minimum absolute atomic E-state index is 0.0695. The first-order valence-electron chi connectivity index (χ1n) is 10.2. The van der Waals surface area contributed by atoms with E-state index in [2.05, 4.69) is 9.97 Å². The number of nitrogens with zero attached hydrogens (tertiary/aromatic N) is 3. The van der Waals surface area contributed by atoms with Gasteiger partial charge in [0, 0.05) is 33.4 Å². The van der Waals surface area contributed by atoms with Gasteiger partial charge in [-0.05, 0) is 48.0 Å². The lowest BCUT2D eigenvalue weighted by Crippen LogP contribution is -2.03. The number of pyridine rings is 1. The number of halogens is 3. The molecule has 0 atom stereocenters. The van der Waals surface area contributed by atoms with Crippen LogP contribution in [0.25, 0.3) is 22.4 Å². The van der Waals surface area contributed by atoms with Crippen LogP contribution in [0.2, 0.25) is 15.2 Å². The van der Waals surface area contributed by atoms with Gasteiger partial charge in [0.1, 0.15) is 10.9 Å². The van der Waals surface area contributed by atoms with Crippen molar-refractivity contribution in [1.29, 1.82) is 0 Å². The van der Waals surface area contributed by atoms with Crippen molar-refractivity contribution in [3.8, 4) is 17.2 Å². The van der Waals surface area contributed by atoms with Crippen LogP contribution in [0.5, 0.6) is 5.75 Å². The second-order valence-electron chi connectivity index (χ2n) is 7.47. The van der Waals surface area contributed by atoms with Gasteiger partial charge in [0.15, 0.2) is 5.76 Å². The first-order valence-corrected chi connectivity index (χ1v) is 11.3. The number of carbonyl (C=O) groups is 1. The van der Waals surface area contributed by atoms with Crippen LogP contribution in [0.15, 0.2) is 71.5 Å². The zero-order valence-corrected chi connectivity index (χ0v) is 20.0. The lowest BCUT2D eigenvalue weighted by atomic mass is 10.1. The predicted molar refractivity (Wildman–Crippen MR) is 132 cm³/mol. The van der Waals surface area contributed by atoms with Crippen molar-refractivity contribution in [1.82, 2.24) is 14.5 Å². The fraction of sp³-hybridized carbons (Fsp3) is 0.0800. The molecule has 0 radical (unpaired) electrons. The van der Waals surface area contributed by atoms with Crippen molar-refractivity contribution in [2.75, 3.05) is 7.11 Å². The zero-order chi connectivity index (χ0) is 23.8. The molecular weight excluding hydrogens is 497 g/mol. The Morgan fingerprint density at radius 1 is 1.06 bits per heavy atom. The maximum Gasteiger partial charge on any atom is 0.233 e. The number of carbonyl (C=O) groups excluding carboxylic acids is 1. The number of benzene rings is 2. The van der Waals surface area contributed by atoms with E-state index in [0.29, 0.717) is 39.2 Å². The smallest absolute Gasteiger partial charge is 0.233 e. The van der Waals surface area contributed by atoms with E-state index in [1.807, 2.05) is 22.8 Å². The summed E-state index contributed by atoms with van der Waals surface area (Å²) in [6.45, 7) is 0.337. The van der Waals surface area contributed by atoms with Crippen LogP contribution in [-0.2, 0) is 6.54 Å². The lowest BCUT2D eigenvalue weighted by Gasteiger charge is -2.10. The second-order valence-corrected chi connectivity index (χ2v) is 8.67. The SMILES string of the molecule is COc1ccc2c(c1)c(C(=O)c1cnc(-c3ccncc3)o1)c(Cl)n2Cc1ccc(Cl)cc1Cl. The Labute approximate surface area is 209 Å². The number of hydrogen-bond donors (Lipinski definition) is 0. The van der Waals surface area contributed by atoms with Crippen molar-refractivity contribution >= 4 is 51.5 Å². The summed E-state index contributed by atoms with van der Waals surface area (Å²) in [6, 6.07) is 14.2. The Balaban J connectivity index is 1.62. The van der Waals surface area contributed by atoms with E-state index < -0.39 is 5.78 Å². The summed E-state index contributed by atoms with van der Waals surface area (Å²) in [5, 5.41) is 1.92. The molecule has 0 aliphatic carbocycles. The van der Waals surface area contributed by atoms with E-state index in [9.17, 15) is 4.79 Å². The van der Waals surface area contributed by atoms with Crippen molar-refractivity contribution < 1.29 is 13.9 Å². The van der Waals surface area contributed by atoms with Gasteiger partial charge in [0.2, 0.25) is 11.7 Å². The third-order valence-electron chi connectivity index (χ3n) is 5.43. The lowest BCUT2D eigenvalue weighted by molar-refractivity contribution is 0.101. The predicted octanol–water partition coefficient (Wildman–Crippen LogP) is 6.94. The Kier molecular flexibility index (Phi) is 6.04. The molecule has 0 amide bonds. The van der Waals surface area contributed by atoms with E-state index in [-0.39, 0.29) is 16.5 Å². The molecule has 6 nitrogen and oxygen atoms in total. The fourth-order valence-corrected chi connectivity index (χ4v) is 4.56. The van der Waals surface area contributed by atoms with Crippen LogP contribution in [-0.4, -0.2) is 27.4 Å². The Morgan fingerprint density at radius 2 is 1.85 bits per heavy atom. The largest absolute Gasteiger partial charge is 0.497 e. The van der Waals surface area contributed by atoms with E-state index in [1.54, 1.807) is 49.8 Å². The molecule has 170 valence electrons. The molecule has 9 heteroatoms. The van der Waals surface area contributed by atoms with Gasteiger partial charge in [0.05, 0.1) is 30.9 Å². The fourth-order valence-electron chi connectivity index (χ4n) is 3.75. The maximum atomic E-state index is 13.6. The Morgan fingerprint density at radius 3 is 2.59 bits per heavy atom. The topological polar surface area (TPSA) is 70.2 Å².